The van der Waals surface area contributed by atoms with E-state index in [1.54, 1.807) is 23.6 Å². The predicted octanol–water partition coefficient (Wildman–Crippen LogP) is 2.30. The maximum atomic E-state index is 10.3. The molecule has 2 aromatic rings. The fraction of sp³-hybridized carbons (Fsp3) is 0. The van der Waals surface area contributed by atoms with Gasteiger partial charge < -0.3 is 5.11 Å². The summed E-state index contributed by atoms with van der Waals surface area (Å²) in [6.45, 7) is 0. The summed E-state index contributed by atoms with van der Waals surface area (Å²) in [5.74, 6) is -0.613. The molecule has 1 N–H and O–H groups in total. The first kappa shape index (κ1) is 10.5. The van der Waals surface area contributed by atoms with Crippen LogP contribution in [-0.4, -0.2) is 21.0 Å². The molecule has 0 radical (unpaired) electrons. The van der Waals surface area contributed by atoms with Crippen LogP contribution >= 0.6 is 11.3 Å². The van der Waals surface area contributed by atoms with E-state index in [-0.39, 0.29) is 0 Å². The summed E-state index contributed by atoms with van der Waals surface area (Å²) in [6.07, 6.45) is 4.01. The van der Waals surface area contributed by atoms with Gasteiger partial charge in [0.05, 0.1) is 10.6 Å². The van der Waals surface area contributed by atoms with E-state index in [0.29, 0.717) is 5.82 Å². The lowest BCUT2D eigenvalue weighted by Crippen LogP contribution is -1.91. The second kappa shape index (κ2) is 4.67. The van der Waals surface area contributed by atoms with Gasteiger partial charge in [-0.1, -0.05) is 6.07 Å². The normalized spacial score (nSPS) is 10.8. The zero-order valence-electron chi connectivity index (χ0n) is 8.20. The highest BCUT2D eigenvalue weighted by Crippen LogP contribution is 2.21. The summed E-state index contributed by atoms with van der Waals surface area (Å²) in [5.41, 5.74) is 0.801. The van der Waals surface area contributed by atoms with Gasteiger partial charge in [-0.05, 0) is 23.6 Å². The van der Waals surface area contributed by atoms with Crippen LogP contribution in [0.1, 0.15) is 5.82 Å². The van der Waals surface area contributed by atoms with Crippen molar-refractivity contribution in [3.05, 3.63) is 41.7 Å². The van der Waals surface area contributed by atoms with E-state index < -0.39 is 5.97 Å². The molecule has 0 amide bonds. The Morgan fingerprint density at radius 3 is 3.00 bits per heavy atom. The molecule has 4 nitrogen and oxygen atoms in total. The molecule has 16 heavy (non-hydrogen) atoms. The molecule has 0 atom stereocenters. The summed E-state index contributed by atoms with van der Waals surface area (Å²) in [6, 6.07) is 5.69. The number of carboxylic acids is 1. The minimum Gasteiger partial charge on any atom is -0.478 e. The Hall–Kier alpha value is -2.01. The van der Waals surface area contributed by atoms with Crippen molar-refractivity contribution in [3.63, 3.8) is 0 Å². The average molecular weight is 232 g/mol. The second-order valence-electron chi connectivity index (χ2n) is 2.95. The van der Waals surface area contributed by atoms with Crippen molar-refractivity contribution in [2.24, 2.45) is 0 Å². The molecule has 0 aromatic carbocycles. The van der Waals surface area contributed by atoms with Gasteiger partial charge in [0.2, 0.25) is 0 Å². The van der Waals surface area contributed by atoms with Crippen LogP contribution in [0.25, 0.3) is 16.6 Å². The van der Waals surface area contributed by atoms with Crippen LogP contribution in [0.3, 0.4) is 0 Å². The van der Waals surface area contributed by atoms with Crippen molar-refractivity contribution in [1.29, 1.82) is 0 Å². The number of nitrogens with zero attached hydrogens (tertiary/aromatic N) is 2. The number of hydrogen-bond donors (Lipinski definition) is 1. The van der Waals surface area contributed by atoms with E-state index in [0.717, 1.165) is 16.6 Å². The third-order valence-corrected chi connectivity index (χ3v) is 2.72. The zero-order chi connectivity index (χ0) is 11.4. The van der Waals surface area contributed by atoms with Crippen molar-refractivity contribution in [3.8, 4) is 10.6 Å². The SMILES string of the molecule is O=C(O)/C=C/c1nccc(-c2cccs2)n1. The Morgan fingerprint density at radius 1 is 1.44 bits per heavy atom. The van der Waals surface area contributed by atoms with Gasteiger partial charge in [0.25, 0.3) is 0 Å². The van der Waals surface area contributed by atoms with Gasteiger partial charge in [0.15, 0.2) is 5.82 Å². The first-order valence-corrected chi connectivity index (χ1v) is 5.41. The number of carbonyl (C=O) groups is 1. The Labute approximate surface area is 95.9 Å². The average Bonchev–Trinajstić information content (AvgIpc) is 2.80. The largest absolute Gasteiger partial charge is 0.478 e. The van der Waals surface area contributed by atoms with Gasteiger partial charge in [0.1, 0.15) is 0 Å². The molecule has 2 rings (SSSR count). The first-order valence-electron chi connectivity index (χ1n) is 4.53. The van der Waals surface area contributed by atoms with Crippen molar-refractivity contribution in [2.75, 3.05) is 0 Å². The highest BCUT2D eigenvalue weighted by atomic mass is 32.1. The molecule has 80 valence electrons. The van der Waals surface area contributed by atoms with Crippen molar-refractivity contribution >= 4 is 23.4 Å². The Kier molecular flexibility index (Phi) is 3.07. The molecule has 0 bridgehead atoms. The van der Waals surface area contributed by atoms with E-state index >= 15 is 0 Å². The maximum Gasteiger partial charge on any atom is 0.328 e. The Morgan fingerprint density at radius 2 is 2.31 bits per heavy atom. The van der Waals surface area contributed by atoms with Gasteiger partial charge in [-0.3, -0.25) is 0 Å². The fourth-order valence-corrected chi connectivity index (χ4v) is 1.86. The number of carboxylic acid groups (broad SMARTS) is 1. The van der Waals surface area contributed by atoms with Gasteiger partial charge >= 0.3 is 5.97 Å². The molecule has 0 fully saturated rings. The molecular formula is C11H8N2O2S. The lowest BCUT2D eigenvalue weighted by atomic mass is 10.3. The zero-order valence-corrected chi connectivity index (χ0v) is 9.02. The highest BCUT2D eigenvalue weighted by Gasteiger charge is 2.01. The summed E-state index contributed by atoms with van der Waals surface area (Å²) < 4.78 is 0. The van der Waals surface area contributed by atoms with E-state index in [2.05, 4.69) is 9.97 Å². The minimum atomic E-state index is -1.01. The van der Waals surface area contributed by atoms with E-state index in [1.807, 2.05) is 17.5 Å². The predicted molar refractivity (Wildman–Crippen MR) is 62.0 cm³/mol. The lowest BCUT2D eigenvalue weighted by molar-refractivity contribution is -0.131. The third kappa shape index (κ3) is 2.52. The van der Waals surface area contributed by atoms with Gasteiger partial charge in [0, 0.05) is 12.3 Å². The molecule has 0 spiro atoms. The standard InChI is InChI=1S/C11H8N2O2S/c14-11(15)4-3-10-12-6-5-8(13-10)9-2-1-7-16-9/h1-7H,(H,14,15)/b4-3+. The molecular weight excluding hydrogens is 224 g/mol. The molecule has 2 heterocycles. The summed E-state index contributed by atoms with van der Waals surface area (Å²) >= 11 is 1.58. The first-order chi connectivity index (χ1) is 7.75. The fourth-order valence-electron chi connectivity index (χ4n) is 1.16. The van der Waals surface area contributed by atoms with Gasteiger partial charge in [-0.15, -0.1) is 11.3 Å². The number of rotatable bonds is 3. The highest BCUT2D eigenvalue weighted by molar-refractivity contribution is 7.13. The molecule has 2 aromatic heterocycles. The molecule has 0 aliphatic heterocycles. The Balaban J connectivity index is 2.30. The van der Waals surface area contributed by atoms with Crippen LogP contribution in [-0.2, 0) is 4.79 Å². The van der Waals surface area contributed by atoms with Crippen molar-refractivity contribution in [2.45, 2.75) is 0 Å². The smallest absolute Gasteiger partial charge is 0.328 e. The van der Waals surface area contributed by atoms with Crippen LogP contribution in [0.5, 0.6) is 0 Å². The Bertz CT molecular complexity index is 521. The van der Waals surface area contributed by atoms with Crippen LogP contribution in [0.15, 0.2) is 35.9 Å². The van der Waals surface area contributed by atoms with Crippen LogP contribution in [0, 0.1) is 0 Å². The number of thiophene rings is 1. The number of aromatic nitrogens is 2. The molecule has 0 aliphatic carbocycles. The van der Waals surface area contributed by atoms with Crippen LogP contribution in [0.4, 0.5) is 0 Å². The van der Waals surface area contributed by atoms with Gasteiger partial charge in [-0.2, -0.15) is 0 Å². The molecule has 5 heteroatoms. The number of hydrogen-bond acceptors (Lipinski definition) is 4. The molecule has 0 saturated heterocycles. The van der Waals surface area contributed by atoms with E-state index in [1.165, 1.54) is 6.08 Å². The third-order valence-electron chi connectivity index (χ3n) is 1.82. The van der Waals surface area contributed by atoms with Crippen LogP contribution in [0.2, 0.25) is 0 Å². The van der Waals surface area contributed by atoms with E-state index in [4.69, 9.17) is 5.11 Å². The lowest BCUT2D eigenvalue weighted by Gasteiger charge is -1.97. The van der Waals surface area contributed by atoms with Crippen molar-refractivity contribution < 1.29 is 9.90 Å². The van der Waals surface area contributed by atoms with Crippen molar-refractivity contribution in [1.82, 2.24) is 9.97 Å². The summed E-state index contributed by atoms with van der Waals surface area (Å²) in [4.78, 5) is 19.6. The topological polar surface area (TPSA) is 63.1 Å². The summed E-state index contributed by atoms with van der Waals surface area (Å²) in [5, 5.41) is 10.5. The number of aliphatic carboxylic acids is 1. The minimum absolute atomic E-state index is 0.397. The van der Waals surface area contributed by atoms with E-state index in [9.17, 15) is 4.79 Å². The second-order valence-corrected chi connectivity index (χ2v) is 3.90. The molecule has 0 saturated carbocycles. The summed E-state index contributed by atoms with van der Waals surface area (Å²) in [7, 11) is 0. The quantitative estimate of drug-likeness (QED) is 0.825. The molecule has 0 aliphatic rings. The van der Waals surface area contributed by atoms with Gasteiger partial charge in [-0.25, -0.2) is 14.8 Å². The maximum absolute atomic E-state index is 10.3. The van der Waals surface area contributed by atoms with Crippen LogP contribution < -0.4 is 0 Å². The monoisotopic (exact) mass is 232 g/mol. The molecule has 0 unspecified atom stereocenters.